The van der Waals surface area contributed by atoms with E-state index in [1.165, 1.54) is 29.4 Å². The lowest BCUT2D eigenvalue weighted by Gasteiger charge is -2.23. The molecule has 0 fully saturated rings. The van der Waals surface area contributed by atoms with Crippen molar-refractivity contribution in [3.8, 4) is 0 Å². The van der Waals surface area contributed by atoms with E-state index in [0.717, 1.165) is 6.07 Å². The molecule has 0 aliphatic carbocycles. The van der Waals surface area contributed by atoms with E-state index in [1.54, 1.807) is 36.4 Å². The molecule has 1 aliphatic heterocycles. The Hall–Kier alpha value is -3.45. The number of halogens is 1. The third-order valence-electron chi connectivity index (χ3n) is 4.72. The van der Waals surface area contributed by atoms with Gasteiger partial charge in [0.1, 0.15) is 18.1 Å². The van der Waals surface area contributed by atoms with E-state index in [0.29, 0.717) is 17.0 Å². The molecule has 0 saturated carbocycles. The van der Waals surface area contributed by atoms with E-state index in [4.69, 9.17) is 4.42 Å². The summed E-state index contributed by atoms with van der Waals surface area (Å²) in [5.74, 6) is -1.10. The highest BCUT2D eigenvalue weighted by atomic mass is 19.1. The van der Waals surface area contributed by atoms with Crippen LogP contribution in [0.5, 0.6) is 0 Å². The molecule has 1 aromatic heterocycles. The van der Waals surface area contributed by atoms with Crippen LogP contribution in [0.15, 0.2) is 71.3 Å². The molecule has 2 heterocycles. The molecular formula is C21H17FN2O4. The number of furan rings is 1. The number of hydrogen-bond donors (Lipinski definition) is 2. The van der Waals surface area contributed by atoms with Gasteiger partial charge in [0.2, 0.25) is 5.91 Å². The van der Waals surface area contributed by atoms with Crippen LogP contribution in [-0.2, 0) is 21.7 Å². The van der Waals surface area contributed by atoms with Crippen molar-refractivity contribution < 1.29 is 23.5 Å². The van der Waals surface area contributed by atoms with Crippen molar-refractivity contribution in [2.24, 2.45) is 0 Å². The Bertz CT molecular complexity index is 1030. The first-order valence-electron chi connectivity index (χ1n) is 8.69. The average Bonchev–Trinajstić information content (AvgIpc) is 3.29. The van der Waals surface area contributed by atoms with Crippen LogP contribution in [-0.4, -0.2) is 23.5 Å². The Morgan fingerprint density at radius 3 is 2.71 bits per heavy atom. The number of fused-ring (bicyclic) bond motifs is 1. The molecule has 0 saturated heterocycles. The van der Waals surface area contributed by atoms with Crippen LogP contribution in [0.3, 0.4) is 0 Å². The van der Waals surface area contributed by atoms with Crippen molar-refractivity contribution in [3.05, 3.63) is 89.6 Å². The Morgan fingerprint density at radius 2 is 1.96 bits per heavy atom. The van der Waals surface area contributed by atoms with Gasteiger partial charge in [-0.25, -0.2) is 4.39 Å². The maximum absolute atomic E-state index is 13.7. The van der Waals surface area contributed by atoms with E-state index in [9.17, 15) is 19.1 Å². The van der Waals surface area contributed by atoms with Crippen LogP contribution in [0.4, 0.5) is 10.1 Å². The second-order valence-electron chi connectivity index (χ2n) is 6.49. The summed E-state index contributed by atoms with van der Waals surface area (Å²) in [6, 6.07) is 15.3. The number of aliphatic hydroxyl groups is 1. The molecule has 0 spiro atoms. The summed E-state index contributed by atoms with van der Waals surface area (Å²) >= 11 is 0. The zero-order chi connectivity index (χ0) is 19.7. The van der Waals surface area contributed by atoms with Gasteiger partial charge in [-0.15, -0.1) is 0 Å². The van der Waals surface area contributed by atoms with Gasteiger partial charge >= 0.3 is 0 Å². The molecule has 2 amide bonds. The SMILES string of the molecule is O=C(CN1C(=O)C(O)(c2cccc(F)c2)c2ccccc21)NCc1ccco1. The second-order valence-corrected chi connectivity index (χ2v) is 6.49. The van der Waals surface area contributed by atoms with Crippen molar-refractivity contribution in [2.45, 2.75) is 12.1 Å². The van der Waals surface area contributed by atoms with Crippen molar-refractivity contribution in [3.63, 3.8) is 0 Å². The summed E-state index contributed by atoms with van der Waals surface area (Å²) in [6.07, 6.45) is 1.50. The van der Waals surface area contributed by atoms with Gasteiger partial charge in [-0.1, -0.05) is 30.3 Å². The predicted octanol–water partition coefficient (Wildman–Crippen LogP) is 2.32. The van der Waals surface area contributed by atoms with Gasteiger partial charge in [-0.2, -0.15) is 0 Å². The van der Waals surface area contributed by atoms with Crippen molar-refractivity contribution in [2.75, 3.05) is 11.4 Å². The minimum atomic E-state index is -2.06. The lowest BCUT2D eigenvalue weighted by Crippen LogP contribution is -2.45. The van der Waals surface area contributed by atoms with Gasteiger partial charge in [0, 0.05) is 11.1 Å². The maximum Gasteiger partial charge on any atom is 0.268 e. The van der Waals surface area contributed by atoms with Gasteiger partial charge in [0.15, 0.2) is 5.60 Å². The molecule has 28 heavy (non-hydrogen) atoms. The fourth-order valence-corrected chi connectivity index (χ4v) is 3.38. The maximum atomic E-state index is 13.7. The van der Waals surface area contributed by atoms with Crippen LogP contribution in [0, 0.1) is 5.82 Å². The Kier molecular flexibility index (Phi) is 4.44. The lowest BCUT2D eigenvalue weighted by atomic mass is 9.87. The number of amides is 2. The molecule has 1 aliphatic rings. The third kappa shape index (κ3) is 2.95. The number of carbonyl (C=O) groups is 2. The fraction of sp³-hybridized carbons (Fsp3) is 0.143. The van der Waals surface area contributed by atoms with Crippen molar-refractivity contribution in [1.82, 2.24) is 5.32 Å². The van der Waals surface area contributed by atoms with Gasteiger partial charge in [-0.05, 0) is 30.3 Å². The van der Waals surface area contributed by atoms with Crippen LogP contribution in [0.2, 0.25) is 0 Å². The standard InChI is InChI=1S/C21H17FN2O4/c22-15-6-3-5-14(11-15)21(27)17-8-1-2-9-18(17)24(20(21)26)13-19(25)23-12-16-7-4-10-28-16/h1-11,27H,12-13H2,(H,23,25). The van der Waals surface area contributed by atoms with Gasteiger partial charge in [0.25, 0.3) is 5.91 Å². The first kappa shape index (κ1) is 17.9. The molecule has 3 aromatic rings. The second kappa shape index (κ2) is 6.94. The molecule has 2 aromatic carbocycles. The van der Waals surface area contributed by atoms with Gasteiger partial charge in [-0.3, -0.25) is 14.5 Å². The van der Waals surface area contributed by atoms with E-state index in [-0.39, 0.29) is 18.7 Å². The van der Waals surface area contributed by atoms with Gasteiger partial charge in [0.05, 0.1) is 18.5 Å². The van der Waals surface area contributed by atoms with Crippen LogP contribution >= 0.6 is 0 Å². The first-order valence-corrected chi connectivity index (χ1v) is 8.69. The monoisotopic (exact) mass is 380 g/mol. The highest BCUT2D eigenvalue weighted by Crippen LogP contribution is 2.44. The Labute approximate surface area is 160 Å². The number of benzene rings is 2. The summed E-state index contributed by atoms with van der Waals surface area (Å²) in [5.41, 5.74) is -1.22. The Balaban J connectivity index is 1.62. The number of nitrogens with zero attached hydrogens (tertiary/aromatic N) is 1. The summed E-state index contributed by atoms with van der Waals surface area (Å²) in [5, 5.41) is 13.9. The number of para-hydroxylation sites is 1. The van der Waals surface area contributed by atoms with E-state index in [2.05, 4.69) is 5.32 Å². The summed E-state index contributed by atoms with van der Waals surface area (Å²) in [6.45, 7) is -0.0993. The summed E-state index contributed by atoms with van der Waals surface area (Å²) in [4.78, 5) is 26.7. The molecule has 1 atom stereocenters. The topological polar surface area (TPSA) is 82.8 Å². The zero-order valence-electron chi connectivity index (χ0n) is 14.8. The highest BCUT2D eigenvalue weighted by Gasteiger charge is 2.51. The van der Waals surface area contributed by atoms with E-state index < -0.39 is 23.2 Å². The lowest BCUT2D eigenvalue weighted by molar-refractivity contribution is -0.133. The third-order valence-corrected chi connectivity index (χ3v) is 4.72. The van der Waals surface area contributed by atoms with E-state index >= 15 is 0 Å². The van der Waals surface area contributed by atoms with Gasteiger partial charge < -0.3 is 14.8 Å². The minimum Gasteiger partial charge on any atom is -0.467 e. The molecule has 0 bridgehead atoms. The van der Waals surface area contributed by atoms with Crippen molar-refractivity contribution in [1.29, 1.82) is 0 Å². The largest absolute Gasteiger partial charge is 0.467 e. The van der Waals surface area contributed by atoms with Crippen LogP contribution in [0.25, 0.3) is 0 Å². The first-order chi connectivity index (χ1) is 13.5. The quantitative estimate of drug-likeness (QED) is 0.712. The normalized spacial score (nSPS) is 18.2. The number of hydrogen-bond acceptors (Lipinski definition) is 4. The van der Waals surface area contributed by atoms with E-state index in [1.807, 2.05) is 0 Å². The van der Waals surface area contributed by atoms with Crippen LogP contribution < -0.4 is 10.2 Å². The molecule has 7 heteroatoms. The number of anilines is 1. The summed E-state index contributed by atoms with van der Waals surface area (Å²) in [7, 11) is 0. The molecule has 2 N–H and O–H groups in total. The highest BCUT2D eigenvalue weighted by molar-refractivity contribution is 6.11. The summed E-state index contributed by atoms with van der Waals surface area (Å²) < 4.78 is 18.9. The number of carbonyl (C=O) groups excluding carboxylic acids is 2. The number of rotatable bonds is 5. The molecule has 1 unspecified atom stereocenters. The average molecular weight is 380 g/mol. The minimum absolute atomic E-state index is 0.114. The molecule has 0 radical (unpaired) electrons. The van der Waals surface area contributed by atoms with Crippen LogP contribution in [0.1, 0.15) is 16.9 Å². The Morgan fingerprint density at radius 1 is 1.14 bits per heavy atom. The molecule has 4 rings (SSSR count). The predicted molar refractivity (Wildman–Crippen MR) is 98.7 cm³/mol. The van der Waals surface area contributed by atoms with Crippen molar-refractivity contribution >= 4 is 17.5 Å². The molecule has 6 nitrogen and oxygen atoms in total. The molecule has 142 valence electrons. The number of nitrogens with one attached hydrogen (secondary N) is 1. The fourth-order valence-electron chi connectivity index (χ4n) is 3.38. The smallest absolute Gasteiger partial charge is 0.268 e. The zero-order valence-corrected chi connectivity index (χ0v) is 14.8. The molecular weight excluding hydrogens is 363 g/mol.